The van der Waals surface area contributed by atoms with E-state index in [9.17, 15) is 0 Å². The van der Waals surface area contributed by atoms with Crippen LogP contribution >= 0.6 is 11.6 Å². The van der Waals surface area contributed by atoms with E-state index in [-0.39, 0.29) is 54.0 Å². The van der Waals surface area contributed by atoms with Crippen molar-refractivity contribution < 1.29 is 54.0 Å². The van der Waals surface area contributed by atoms with Gasteiger partial charge in [-0.1, -0.05) is 77.4 Å². The van der Waals surface area contributed by atoms with Gasteiger partial charge in [-0.15, -0.1) is 0 Å². The van der Waals surface area contributed by atoms with E-state index in [0.717, 1.165) is 72.7 Å². The normalized spacial score (nSPS) is 11.1. The van der Waals surface area contributed by atoms with Gasteiger partial charge in [0.2, 0.25) is 0 Å². The van der Waals surface area contributed by atoms with Gasteiger partial charge in [-0.25, -0.2) is 4.98 Å². The Morgan fingerprint density at radius 1 is 0.561 bits per heavy atom. The maximum atomic E-state index is 6.61. The summed E-state index contributed by atoms with van der Waals surface area (Å²) in [7, 11) is 0. The number of halogens is 4. The van der Waals surface area contributed by atoms with Crippen LogP contribution in [0.2, 0.25) is 5.02 Å². The maximum absolute atomic E-state index is 6.61. The Hall–Kier alpha value is -1.40. The van der Waals surface area contributed by atoms with Crippen molar-refractivity contribution in [3.8, 4) is 0 Å². The molecule has 1 aromatic heterocycles. The molecule has 3 rings (SSSR count). The van der Waals surface area contributed by atoms with Gasteiger partial charge in [0.1, 0.15) is 0 Å². The van der Waals surface area contributed by atoms with Crippen LogP contribution in [0.1, 0.15) is 100 Å². The second-order valence-corrected chi connectivity index (χ2v) is 10.0. The van der Waals surface area contributed by atoms with Gasteiger partial charge < -0.3 is 37.2 Å². The average Bonchev–Trinajstić information content (AvgIpc) is 2.92. The Balaban J connectivity index is 0. The van der Waals surface area contributed by atoms with E-state index in [1.54, 1.807) is 0 Å². The summed E-state index contributed by atoms with van der Waals surface area (Å²) in [5.74, 6) is 0. The molecule has 3 nitrogen and oxygen atoms in total. The monoisotopic (exact) mass is 679 g/mol. The third kappa shape index (κ3) is 10.4. The fourth-order valence-corrected chi connectivity index (χ4v) is 4.96. The third-order valence-electron chi connectivity index (χ3n) is 7.09. The topological polar surface area (TPSA) is 37.6 Å². The number of hydrogen-bond donors (Lipinski definition) is 0. The molecule has 0 radical (unpaired) electrons. The van der Waals surface area contributed by atoms with E-state index in [2.05, 4.69) is 65.8 Å². The van der Waals surface area contributed by atoms with Crippen molar-refractivity contribution in [2.24, 2.45) is 9.98 Å². The molecule has 0 fully saturated rings. The zero-order valence-corrected chi connectivity index (χ0v) is 29.5. The Bertz CT molecular complexity index is 1190. The summed E-state index contributed by atoms with van der Waals surface area (Å²) in [6.45, 7) is 17.2. The first-order chi connectivity index (χ1) is 17.8. The Kier molecular flexibility index (Phi) is 20.1. The largest absolute Gasteiger partial charge is 3.00 e. The number of rotatable bonds is 10. The van der Waals surface area contributed by atoms with Crippen molar-refractivity contribution >= 4 is 34.4 Å². The van der Waals surface area contributed by atoms with Crippen molar-refractivity contribution in [1.29, 1.82) is 0 Å². The second-order valence-electron chi connectivity index (χ2n) is 9.60. The van der Waals surface area contributed by atoms with Crippen molar-refractivity contribution in [2.75, 3.05) is 0 Å². The van der Waals surface area contributed by atoms with Crippen LogP contribution in [0, 0.1) is 0 Å². The molecule has 226 valence electrons. The first-order valence-electron chi connectivity index (χ1n) is 13.9. The van der Waals surface area contributed by atoms with Gasteiger partial charge in [0.05, 0.1) is 34.2 Å². The van der Waals surface area contributed by atoms with Crippen LogP contribution in [0.25, 0.3) is 0 Å². The van der Waals surface area contributed by atoms with Crippen LogP contribution in [0.5, 0.6) is 0 Å². The van der Waals surface area contributed by atoms with E-state index in [1.807, 2.05) is 26.0 Å². The van der Waals surface area contributed by atoms with Crippen LogP contribution in [-0.4, -0.2) is 16.4 Å². The smallest absolute Gasteiger partial charge is 1.00 e. The van der Waals surface area contributed by atoms with Gasteiger partial charge in [-0.3, -0.25) is 9.98 Å². The number of benzene rings is 2. The zero-order chi connectivity index (χ0) is 27.1. The molecular formula is C33H42Cl4CoN3. The van der Waals surface area contributed by atoms with Crippen LogP contribution in [0.4, 0.5) is 11.4 Å². The first kappa shape index (κ1) is 41.7. The summed E-state index contributed by atoms with van der Waals surface area (Å²) in [6.07, 6.45) is 5.85. The maximum Gasteiger partial charge on any atom is 3.00 e. The first-order valence-corrected chi connectivity index (χ1v) is 14.2. The molecule has 8 heteroatoms. The fraction of sp³-hybridized carbons (Fsp3) is 0.424. The van der Waals surface area contributed by atoms with Gasteiger partial charge in [0.15, 0.2) is 0 Å². The summed E-state index contributed by atoms with van der Waals surface area (Å²) in [5.41, 5.74) is 13.3. The number of nitrogens with zero attached hydrogens (tertiary/aromatic N) is 3. The van der Waals surface area contributed by atoms with Crippen molar-refractivity contribution in [1.82, 2.24) is 4.98 Å². The number of aliphatic imine (C=N–C) groups is 2. The van der Waals surface area contributed by atoms with Crippen LogP contribution in [0.15, 0.2) is 46.4 Å². The molecule has 0 saturated carbocycles. The molecule has 0 saturated heterocycles. The molecule has 0 bridgehead atoms. The second kappa shape index (κ2) is 19.7. The van der Waals surface area contributed by atoms with E-state index >= 15 is 0 Å². The molecule has 2 aromatic carbocycles. The van der Waals surface area contributed by atoms with Crippen molar-refractivity contribution in [2.45, 2.75) is 93.9 Å². The van der Waals surface area contributed by atoms with Gasteiger partial charge in [-0.2, -0.15) is 0 Å². The fourth-order valence-electron chi connectivity index (χ4n) is 4.76. The van der Waals surface area contributed by atoms with Crippen LogP contribution in [-0.2, 0) is 55.3 Å². The molecule has 0 aliphatic carbocycles. The van der Waals surface area contributed by atoms with Crippen LogP contribution in [0.3, 0.4) is 0 Å². The SMILES string of the molecule is CCc1cc(CC)c(N=C(C)c2cc(Cl)cc(C(C)=Nc3c(CC)cc(CC)cc3CC)n2)c(CC)c1.[Cl-].[Cl-].[Cl-].[Co+3]. The average molecular weight is 681 g/mol. The van der Waals surface area contributed by atoms with Gasteiger partial charge in [-0.05, 0) is 97.9 Å². The minimum absolute atomic E-state index is 0. The molecule has 0 spiro atoms. The van der Waals surface area contributed by atoms with Crippen molar-refractivity contribution in [3.63, 3.8) is 0 Å². The molecule has 1 heterocycles. The Morgan fingerprint density at radius 2 is 0.854 bits per heavy atom. The van der Waals surface area contributed by atoms with Gasteiger partial charge in [0.25, 0.3) is 0 Å². The molecular weight excluding hydrogens is 639 g/mol. The van der Waals surface area contributed by atoms with Crippen molar-refractivity contribution in [3.05, 3.63) is 86.2 Å². The number of aromatic nitrogens is 1. The van der Waals surface area contributed by atoms with E-state index in [4.69, 9.17) is 26.6 Å². The number of hydrogen-bond acceptors (Lipinski definition) is 3. The predicted octanol–water partition coefficient (Wildman–Crippen LogP) is 0.400. The quantitative estimate of drug-likeness (QED) is 0.286. The summed E-state index contributed by atoms with van der Waals surface area (Å²) >= 11 is 6.61. The molecule has 0 aliphatic heterocycles. The zero-order valence-electron chi connectivity index (χ0n) is 25.4. The molecule has 3 aromatic rings. The van der Waals surface area contributed by atoms with E-state index in [0.29, 0.717) is 5.02 Å². The minimum Gasteiger partial charge on any atom is -1.00 e. The third-order valence-corrected chi connectivity index (χ3v) is 7.30. The minimum atomic E-state index is 0. The Labute approximate surface area is 281 Å². The van der Waals surface area contributed by atoms with Gasteiger partial charge >= 0.3 is 16.8 Å². The van der Waals surface area contributed by atoms with Gasteiger partial charge in [0, 0.05) is 5.02 Å². The molecule has 0 aliphatic rings. The molecule has 0 unspecified atom stereocenters. The standard InChI is InChI=1S/C33H42ClN3.3ClH.Co/c1-9-23-15-25(11-3)32(26(12-4)16-23)35-21(7)30-19-29(34)20-31(37-30)22(8)36-33-27(13-5)17-24(10-2)18-28(33)14-6;;;;/h15-20H,9-14H2,1-8H3;3*1H;/q;;;;+3/p-3. The molecule has 0 atom stereocenters. The Morgan fingerprint density at radius 3 is 1.10 bits per heavy atom. The molecule has 41 heavy (non-hydrogen) atoms. The summed E-state index contributed by atoms with van der Waals surface area (Å²) in [5, 5.41) is 0.643. The van der Waals surface area contributed by atoms with Crippen LogP contribution < -0.4 is 37.2 Å². The van der Waals surface area contributed by atoms with E-state index < -0.39 is 0 Å². The van der Waals surface area contributed by atoms with E-state index in [1.165, 1.54) is 33.4 Å². The predicted molar refractivity (Wildman–Crippen MR) is 162 cm³/mol. The number of pyridine rings is 1. The molecule has 0 amide bonds. The summed E-state index contributed by atoms with van der Waals surface area (Å²) in [6, 6.07) is 13.0. The number of aryl methyl sites for hydroxylation is 6. The summed E-state index contributed by atoms with van der Waals surface area (Å²) in [4.78, 5) is 15.2. The summed E-state index contributed by atoms with van der Waals surface area (Å²) < 4.78 is 0. The molecule has 0 N–H and O–H groups in total.